The van der Waals surface area contributed by atoms with Gasteiger partial charge in [0.1, 0.15) is 0 Å². The van der Waals surface area contributed by atoms with Gasteiger partial charge in [0.05, 0.1) is 0 Å². The lowest BCUT2D eigenvalue weighted by Gasteiger charge is -2.73. The summed E-state index contributed by atoms with van der Waals surface area (Å²) in [6, 6.07) is 56.2. The molecule has 2 atom stereocenters. The van der Waals surface area contributed by atoms with Crippen LogP contribution in [0.2, 0.25) is 0 Å². The molecule has 11 rings (SSSR count). The van der Waals surface area contributed by atoms with Gasteiger partial charge in [0.2, 0.25) is 0 Å². The lowest BCUT2D eigenvalue weighted by molar-refractivity contribution is -0.214. The molecule has 2 unspecified atom stereocenters. The van der Waals surface area contributed by atoms with Crippen molar-refractivity contribution in [2.45, 2.75) is 18.8 Å². The zero-order valence-corrected chi connectivity index (χ0v) is 30.1. The first-order chi connectivity index (χ1) is 27.2. The van der Waals surface area contributed by atoms with Gasteiger partial charge in [0.25, 0.3) is 0 Å². The molecule has 0 aliphatic heterocycles. The maximum absolute atomic E-state index is 5.10. The Balaban J connectivity index is 0.935. The molecule has 55 heavy (non-hydrogen) atoms. The van der Waals surface area contributed by atoms with Crippen LogP contribution in [0.15, 0.2) is 164 Å². The van der Waals surface area contributed by atoms with E-state index in [0.717, 1.165) is 68.2 Å². The van der Waals surface area contributed by atoms with Crippen molar-refractivity contribution in [3.8, 4) is 79.5 Å². The molecule has 0 amide bonds. The fourth-order valence-corrected chi connectivity index (χ4v) is 9.31. The van der Waals surface area contributed by atoms with Crippen molar-refractivity contribution in [3.05, 3.63) is 169 Å². The fraction of sp³-hybridized carbons (Fsp3) is 0.143. The summed E-state index contributed by atoms with van der Waals surface area (Å²) in [5.41, 5.74) is 9.35. The average molecular weight is 709 g/mol. The predicted octanol–water partition coefficient (Wildman–Crippen LogP) is 11.1. The van der Waals surface area contributed by atoms with Crippen LogP contribution in [-0.2, 0) is 0 Å². The van der Waals surface area contributed by atoms with E-state index in [-0.39, 0.29) is 0 Å². The number of hydrogen-bond donors (Lipinski definition) is 0. The Hall–Kier alpha value is -6.66. The molecule has 6 nitrogen and oxygen atoms in total. The standard InChI is InChI=1S/C49H36N6/c1-4-12-31(13-5-1)44-50-45(32-14-6-2-7-15-32)53-48(52-44)37-20-10-18-35(26-37)30-22-24-34(25-23-30)47-51-46(33-16-8-3-9-17-33)54-49(55-47)38-21-11-19-36(27-38)42-40-28-39-29-41(42)43(39)40/h1-27,39-43H,28-29H2. The highest BCUT2D eigenvalue weighted by Crippen LogP contribution is 2.75. The van der Waals surface area contributed by atoms with Gasteiger partial charge in [0.15, 0.2) is 34.9 Å². The van der Waals surface area contributed by atoms with Gasteiger partial charge in [0, 0.05) is 33.4 Å². The van der Waals surface area contributed by atoms with Crippen LogP contribution in [0.3, 0.4) is 0 Å². The Morgan fingerprint density at radius 3 is 1.13 bits per heavy atom. The molecule has 8 aromatic rings. The van der Waals surface area contributed by atoms with Gasteiger partial charge in [-0.2, -0.15) is 0 Å². The number of rotatable bonds is 8. The Kier molecular flexibility index (Phi) is 7.54. The van der Waals surface area contributed by atoms with Crippen molar-refractivity contribution in [3.63, 3.8) is 0 Å². The molecule has 262 valence electrons. The van der Waals surface area contributed by atoms with Crippen LogP contribution in [0.25, 0.3) is 79.5 Å². The largest absolute Gasteiger partial charge is 0.208 e. The summed E-state index contributed by atoms with van der Waals surface area (Å²) < 4.78 is 0. The Morgan fingerprint density at radius 2 is 0.673 bits per heavy atom. The molecule has 0 saturated heterocycles. The van der Waals surface area contributed by atoms with Crippen LogP contribution in [0.4, 0.5) is 0 Å². The van der Waals surface area contributed by atoms with Crippen molar-refractivity contribution in [2.75, 3.05) is 0 Å². The molecular weight excluding hydrogens is 673 g/mol. The van der Waals surface area contributed by atoms with Crippen LogP contribution in [-0.4, -0.2) is 29.9 Å². The van der Waals surface area contributed by atoms with Gasteiger partial charge in [-0.15, -0.1) is 0 Å². The molecule has 3 aliphatic rings. The van der Waals surface area contributed by atoms with E-state index in [1.54, 1.807) is 0 Å². The highest BCUT2D eigenvalue weighted by Gasteiger charge is 2.67. The van der Waals surface area contributed by atoms with E-state index >= 15 is 0 Å². The van der Waals surface area contributed by atoms with Crippen molar-refractivity contribution in [1.82, 2.24) is 29.9 Å². The number of hydrogen-bond acceptors (Lipinski definition) is 6. The van der Waals surface area contributed by atoms with E-state index in [1.165, 1.54) is 18.4 Å². The highest BCUT2D eigenvalue weighted by atomic mass is 15.0. The quantitative estimate of drug-likeness (QED) is 0.156. The van der Waals surface area contributed by atoms with E-state index in [9.17, 15) is 0 Å². The third kappa shape index (κ3) is 5.64. The maximum Gasteiger partial charge on any atom is 0.164 e. The normalized spacial score (nSPS) is 20.4. The first-order valence-corrected chi connectivity index (χ1v) is 19.2. The fourth-order valence-electron chi connectivity index (χ4n) is 9.31. The first kappa shape index (κ1) is 31.8. The summed E-state index contributed by atoms with van der Waals surface area (Å²) in [7, 11) is 0. The average Bonchev–Trinajstić information content (AvgIpc) is 3.27. The van der Waals surface area contributed by atoms with Crippen molar-refractivity contribution >= 4 is 0 Å². The van der Waals surface area contributed by atoms with Gasteiger partial charge < -0.3 is 0 Å². The molecular formula is C49H36N6. The van der Waals surface area contributed by atoms with E-state index in [1.807, 2.05) is 78.9 Å². The summed E-state index contributed by atoms with van der Waals surface area (Å²) in [5, 5.41) is 0. The molecule has 2 heterocycles. The van der Waals surface area contributed by atoms with E-state index < -0.39 is 0 Å². The number of benzene rings is 6. The van der Waals surface area contributed by atoms with Crippen LogP contribution in [0.1, 0.15) is 24.3 Å². The molecule has 3 aliphatic carbocycles. The number of aromatic nitrogens is 6. The first-order valence-electron chi connectivity index (χ1n) is 19.2. The second-order valence-corrected chi connectivity index (χ2v) is 15.2. The third-order valence-electron chi connectivity index (χ3n) is 12.1. The second-order valence-electron chi connectivity index (χ2n) is 15.2. The van der Waals surface area contributed by atoms with Crippen LogP contribution in [0.5, 0.6) is 0 Å². The van der Waals surface area contributed by atoms with Gasteiger partial charge in [-0.05, 0) is 71.3 Å². The van der Waals surface area contributed by atoms with E-state index in [4.69, 9.17) is 29.9 Å². The highest BCUT2D eigenvalue weighted by molar-refractivity contribution is 5.75. The van der Waals surface area contributed by atoms with E-state index in [2.05, 4.69) is 84.9 Å². The molecule has 6 heteroatoms. The molecule has 0 N–H and O–H groups in total. The van der Waals surface area contributed by atoms with Gasteiger partial charge in [-0.1, -0.05) is 152 Å². The minimum atomic E-state index is 0.628. The summed E-state index contributed by atoms with van der Waals surface area (Å²) in [6.07, 6.45) is 2.82. The van der Waals surface area contributed by atoms with E-state index in [0.29, 0.717) is 40.9 Å². The molecule has 3 fully saturated rings. The molecule has 0 spiro atoms. The molecule has 3 saturated carbocycles. The summed E-state index contributed by atoms with van der Waals surface area (Å²) in [5.74, 6) is 8.42. The zero-order chi connectivity index (χ0) is 36.3. The topological polar surface area (TPSA) is 77.3 Å². The van der Waals surface area contributed by atoms with Gasteiger partial charge >= 0.3 is 0 Å². The summed E-state index contributed by atoms with van der Waals surface area (Å²) in [4.78, 5) is 29.9. The third-order valence-corrected chi connectivity index (χ3v) is 12.1. The minimum Gasteiger partial charge on any atom is -0.208 e. The Bertz CT molecular complexity index is 2610. The monoisotopic (exact) mass is 708 g/mol. The Labute approximate surface area is 320 Å². The maximum atomic E-state index is 5.10. The van der Waals surface area contributed by atoms with Crippen LogP contribution in [0, 0.1) is 23.7 Å². The lowest BCUT2D eigenvalue weighted by Crippen LogP contribution is -2.65. The summed E-state index contributed by atoms with van der Waals surface area (Å²) >= 11 is 0. The minimum absolute atomic E-state index is 0.628. The Morgan fingerprint density at radius 1 is 0.309 bits per heavy atom. The molecule has 0 radical (unpaired) electrons. The van der Waals surface area contributed by atoms with Gasteiger partial charge in [-0.25, -0.2) is 29.9 Å². The summed E-state index contributed by atoms with van der Waals surface area (Å²) in [6.45, 7) is 0. The molecule has 6 aromatic carbocycles. The number of nitrogens with zero attached hydrogens (tertiary/aromatic N) is 6. The smallest absolute Gasteiger partial charge is 0.164 e. The predicted molar refractivity (Wildman–Crippen MR) is 217 cm³/mol. The van der Waals surface area contributed by atoms with Crippen LogP contribution >= 0.6 is 0 Å². The second kappa shape index (κ2) is 13.0. The zero-order valence-electron chi connectivity index (χ0n) is 30.1. The molecule has 2 aromatic heterocycles. The SMILES string of the molecule is c1ccc(-c2nc(-c3ccccc3)nc(-c3cccc(-c4ccc(-c5nc(-c6ccccc6)nc(-c6cccc(C7C8CC9CC7C98)c6)n5)cc4)c3)n2)cc1. The lowest BCUT2D eigenvalue weighted by atomic mass is 9.31. The van der Waals surface area contributed by atoms with Crippen LogP contribution < -0.4 is 0 Å². The van der Waals surface area contributed by atoms with Crippen molar-refractivity contribution in [2.24, 2.45) is 23.7 Å². The molecule has 0 bridgehead atoms. The van der Waals surface area contributed by atoms with Gasteiger partial charge in [-0.3, -0.25) is 0 Å². The van der Waals surface area contributed by atoms with Crippen molar-refractivity contribution < 1.29 is 0 Å². The van der Waals surface area contributed by atoms with Crippen molar-refractivity contribution in [1.29, 1.82) is 0 Å².